The molecule has 12 heteroatoms. The Hall–Kier alpha value is -2.53. The molecular formula is C26H35ClF3N5O3. The number of carbonyl (C=O) groups excluding carboxylic acids is 1. The van der Waals surface area contributed by atoms with Gasteiger partial charge in [-0.15, -0.1) is 0 Å². The molecule has 0 saturated carbocycles. The maximum atomic E-state index is 13.3. The first-order valence-electron chi connectivity index (χ1n) is 13.3. The Kier molecular flexibility index (Phi) is 9.40. The lowest BCUT2D eigenvalue weighted by Gasteiger charge is -2.33. The lowest BCUT2D eigenvalue weighted by atomic mass is 9.99. The number of piperidine rings is 1. The number of hydrogen-bond acceptors (Lipinski definition) is 6. The lowest BCUT2D eigenvalue weighted by molar-refractivity contribution is -0.430. The molecule has 1 atom stereocenters. The molecule has 4 aliphatic rings. The van der Waals surface area contributed by atoms with Gasteiger partial charge in [-0.2, -0.15) is 13.2 Å². The van der Waals surface area contributed by atoms with Crippen LogP contribution in [0.4, 0.5) is 13.2 Å². The van der Waals surface area contributed by atoms with Gasteiger partial charge in [0, 0.05) is 67.5 Å². The summed E-state index contributed by atoms with van der Waals surface area (Å²) in [6, 6.07) is 0.306. The summed E-state index contributed by atoms with van der Waals surface area (Å²) >= 11 is 6.03. The van der Waals surface area contributed by atoms with Crippen molar-refractivity contribution >= 4 is 17.5 Å². The van der Waals surface area contributed by atoms with Gasteiger partial charge in [0.15, 0.2) is 0 Å². The zero-order valence-electron chi connectivity index (χ0n) is 21.4. The van der Waals surface area contributed by atoms with Crippen molar-refractivity contribution in [2.45, 2.75) is 76.0 Å². The van der Waals surface area contributed by atoms with Gasteiger partial charge in [-0.05, 0) is 69.7 Å². The highest BCUT2D eigenvalue weighted by molar-refractivity contribution is 6.29. The molecule has 2 aliphatic carbocycles. The first kappa shape index (κ1) is 28.5. The predicted octanol–water partition coefficient (Wildman–Crippen LogP) is 4.58. The van der Waals surface area contributed by atoms with Crippen molar-refractivity contribution < 1.29 is 22.9 Å². The zero-order chi connectivity index (χ0) is 27.3. The quantitative estimate of drug-likeness (QED) is 0.318. The number of alkyl halides is 3. The fourth-order valence-electron chi connectivity index (χ4n) is 5.54. The van der Waals surface area contributed by atoms with Crippen LogP contribution in [0.3, 0.4) is 0 Å². The molecule has 2 saturated heterocycles. The SMILES string of the molecule is O=C(CCCN1CCC(NC2=CC=C(Cl)CC2)CC1)N1CC[C@@H](NC2=CC(C(F)(F)F)=C([N+](=O)[O-])CC2)C1. The molecule has 2 fully saturated rings. The summed E-state index contributed by atoms with van der Waals surface area (Å²) in [7, 11) is 0. The number of rotatable bonds is 9. The zero-order valence-corrected chi connectivity index (χ0v) is 22.1. The molecule has 0 bridgehead atoms. The second kappa shape index (κ2) is 12.5. The van der Waals surface area contributed by atoms with E-state index in [0.717, 1.165) is 62.8 Å². The molecule has 0 aromatic rings. The van der Waals surface area contributed by atoms with Crippen LogP contribution in [0.2, 0.25) is 0 Å². The molecule has 210 valence electrons. The summed E-state index contributed by atoms with van der Waals surface area (Å²) in [6.07, 6.45) is 5.79. The first-order chi connectivity index (χ1) is 18.1. The summed E-state index contributed by atoms with van der Waals surface area (Å²) in [5.41, 5.74) is -0.415. The largest absolute Gasteiger partial charge is 0.422 e. The highest BCUT2D eigenvalue weighted by Gasteiger charge is 2.42. The van der Waals surface area contributed by atoms with Crippen LogP contribution in [0.5, 0.6) is 0 Å². The number of carbonyl (C=O) groups is 1. The van der Waals surface area contributed by atoms with E-state index in [9.17, 15) is 28.1 Å². The smallest absolute Gasteiger partial charge is 0.386 e. The van der Waals surface area contributed by atoms with Crippen LogP contribution in [-0.4, -0.2) is 71.6 Å². The van der Waals surface area contributed by atoms with Gasteiger partial charge in [-0.1, -0.05) is 11.6 Å². The highest BCUT2D eigenvalue weighted by Crippen LogP contribution is 2.35. The summed E-state index contributed by atoms with van der Waals surface area (Å²) in [6.45, 7) is 3.84. The Labute approximate surface area is 225 Å². The third-order valence-corrected chi connectivity index (χ3v) is 7.97. The molecule has 1 amide bonds. The molecule has 0 aromatic heterocycles. The second-order valence-electron chi connectivity index (χ2n) is 10.4. The van der Waals surface area contributed by atoms with Crippen molar-refractivity contribution in [3.05, 3.63) is 56.0 Å². The van der Waals surface area contributed by atoms with Crippen molar-refractivity contribution in [3.63, 3.8) is 0 Å². The number of allylic oxidation sites excluding steroid dienone is 8. The van der Waals surface area contributed by atoms with E-state index in [-0.39, 0.29) is 24.8 Å². The number of nitro groups is 1. The molecule has 0 radical (unpaired) electrons. The average molecular weight is 558 g/mol. The fourth-order valence-corrected chi connectivity index (χ4v) is 5.70. The van der Waals surface area contributed by atoms with E-state index < -0.39 is 22.4 Å². The van der Waals surface area contributed by atoms with E-state index in [2.05, 4.69) is 21.6 Å². The Morgan fingerprint density at radius 2 is 1.71 bits per heavy atom. The van der Waals surface area contributed by atoms with Gasteiger partial charge in [-0.25, -0.2) is 0 Å². The van der Waals surface area contributed by atoms with Crippen LogP contribution in [0.1, 0.15) is 57.8 Å². The van der Waals surface area contributed by atoms with Gasteiger partial charge < -0.3 is 20.4 Å². The third kappa shape index (κ3) is 7.75. The minimum atomic E-state index is -4.78. The number of halogens is 4. The topological polar surface area (TPSA) is 90.8 Å². The summed E-state index contributed by atoms with van der Waals surface area (Å²) in [5, 5.41) is 18.6. The Bertz CT molecular complexity index is 1030. The van der Waals surface area contributed by atoms with E-state index >= 15 is 0 Å². The maximum Gasteiger partial charge on any atom is 0.422 e. The Morgan fingerprint density at radius 3 is 2.37 bits per heavy atom. The van der Waals surface area contributed by atoms with Crippen LogP contribution in [0, 0.1) is 10.1 Å². The minimum absolute atomic E-state index is 0.0611. The molecule has 4 rings (SSSR count). The first-order valence-corrected chi connectivity index (χ1v) is 13.7. The average Bonchev–Trinajstić information content (AvgIpc) is 3.34. The Balaban J connectivity index is 1.15. The molecule has 8 nitrogen and oxygen atoms in total. The monoisotopic (exact) mass is 557 g/mol. The molecule has 0 spiro atoms. The molecule has 38 heavy (non-hydrogen) atoms. The van der Waals surface area contributed by atoms with Crippen molar-refractivity contribution in [2.24, 2.45) is 0 Å². The predicted molar refractivity (Wildman–Crippen MR) is 139 cm³/mol. The standard InChI is InChI=1S/C26H35ClF3N5O3/c27-18-3-5-19(6-4-18)31-20-9-13-33(14-10-20)12-1-2-25(36)34-15-11-22(17-34)32-21-7-8-24(35(37)38)23(16-21)26(28,29)30/h3,5,16,20,22,31-32H,1-2,4,6-15,17H2/t22-/m1/s1. The van der Waals surface area contributed by atoms with E-state index in [1.54, 1.807) is 4.90 Å². The maximum absolute atomic E-state index is 13.3. The number of likely N-dealkylation sites (tertiary alicyclic amines) is 2. The van der Waals surface area contributed by atoms with Crippen LogP contribution >= 0.6 is 11.6 Å². The van der Waals surface area contributed by atoms with Crippen molar-refractivity contribution in [1.29, 1.82) is 0 Å². The highest BCUT2D eigenvalue weighted by atomic mass is 35.5. The Morgan fingerprint density at radius 1 is 1.03 bits per heavy atom. The fraction of sp³-hybridized carbons (Fsp3) is 0.654. The van der Waals surface area contributed by atoms with Gasteiger partial charge in [0.1, 0.15) is 5.57 Å². The molecule has 2 aliphatic heterocycles. The van der Waals surface area contributed by atoms with Gasteiger partial charge in [-0.3, -0.25) is 14.9 Å². The number of hydrogen-bond donors (Lipinski definition) is 2. The molecule has 2 heterocycles. The summed E-state index contributed by atoms with van der Waals surface area (Å²) in [4.78, 5) is 26.9. The molecule has 0 aromatic carbocycles. The van der Waals surface area contributed by atoms with Gasteiger partial charge in [0.2, 0.25) is 5.91 Å². The number of nitrogens with one attached hydrogen (secondary N) is 2. The molecule has 0 unspecified atom stereocenters. The van der Waals surface area contributed by atoms with Gasteiger partial charge in [0.05, 0.1) is 4.92 Å². The molecule has 2 N–H and O–H groups in total. The molecular weight excluding hydrogens is 523 g/mol. The minimum Gasteiger partial charge on any atom is -0.386 e. The van der Waals surface area contributed by atoms with Crippen molar-refractivity contribution in [2.75, 3.05) is 32.7 Å². The summed E-state index contributed by atoms with van der Waals surface area (Å²) in [5.74, 6) is 0.0611. The third-order valence-electron chi connectivity index (χ3n) is 7.66. The van der Waals surface area contributed by atoms with Crippen LogP contribution in [0.15, 0.2) is 45.9 Å². The number of amides is 1. The van der Waals surface area contributed by atoms with Crippen LogP contribution in [0.25, 0.3) is 0 Å². The van der Waals surface area contributed by atoms with E-state index in [4.69, 9.17) is 11.6 Å². The van der Waals surface area contributed by atoms with E-state index in [1.165, 1.54) is 5.70 Å². The van der Waals surface area contributed by atoms with E-state index in [0.29, 0.717) is 37.7 Å². The van der Waals surface area contributed by atoms with Crippen LogP contribution in [-0.2, 0) is 4.79 Å². The number of nitrogens with zero attached hydrogens (tertiary/aromatic N) is 3. The van der Waals surface area contributed by atoms with E-state index in [1.807, 2.05) is 6.08 Å². The second-order valence-corrected chi connectivity index (χ2v) is 10.9. The van der Waals surface area contributed by atoms with Gasteiger partial charge >= 0.3 is 6.18 Å². The van der Waals surface area contributed by atoms with Crippen LogP contribution < -0.4 is 10.6 Å². The van der Waals surface area contributed by atoms with Gasteiger partial charge in [0.25, 0.3) is 5.70 Å². The lowest BCUT2D eigenvalue weighted by Crippen LogP contribution is -2.42. The normalized spacial score (nSPS) is 23.6. The van der Waals surface area contributed by atoms with Crippen molar-refractivity contribution in [1.82, 2.24) is 20.4 Å². The summed E-state index contributed by atoms with van der Waals surface area (Å²) < 4.78 is 39.9. The van der Waals surface area contributed by atoms with Crippen molar-refractivity contribution in [3.8, 4) is 0 Å².